The van der Waals surface area contributed by atoms with Crippen LogP contribution in [0.1, 0.15) is 19.8 Å². The third-order valence-electron chi connectivity index (χ3n) is 3.22. The van der Waals surface area contributed by atoms with Gasteiger partial charge in [0.1, 0.15) is 0 Å². The molecule has 0 unspecified atom stereocenters. The van der Waals surface area contributed by atoms with Gasteiger partial charge in [-0.25, -0.2) is 0 Å². The summed E-state index contributed by atoms with van der Waals surface area (Å²) in [4.78, 5) is 2.23. The van der Waals surface area contributed by atoms with E-state index in [0.717, 1.165) is 25.9 Å². The van der Waals surface area contributed by atoms with E-state index in [1.807, 2.05) is 0 Å². The molecule has 3 heteroatoms. The molecule has 2 saturated heterocycles. The summed E-state index contributed by atoms with van der Waals surface area (Å²) in [7, 11) is 0. The average Bonchev–Trinajstić information content (AvgIpc) is 2.29. The second kappa shape index (κ2) is 2.98. The number of hydrogen-bond donors (Lipinski definition) is 2. The fourth-order valence-corrected chi connectivity index (χ4v) is 2.54. The van der Waals surface area contributed by atoms with Gasteiger partial charge in [0.05, 0.1) is 18.2 Å². The Morgan fingerprint density at radius 3 is 2.75 bits per heavy atom. The van der Waals surface area contributed by atoms with E-state index < -0.39 is 0 Å². The monoisotopic (exact) mass is 171 g/mol. The molecule has 0 radical (unpaired) electrons. The van der Waals surface area contributed by atoms with E-state index in [1.54, 1.807) is 0 Å². The first-order valence-corrected chi connectivity index (χ1v) is 4.80. The second-order valence-corrected chi connectivity index (χ2v) is 4.16. The zero-order valence-electron chi connectivity index (χ0n) is 7.48. The Bertz CT molecular complexity index is 174. The Kier molecular flexibility index (Phi) is 2.10. The predicted molar refractivity (Wildman–Crippen MR) is 45.8 cm³/mol. The van der Waals surface area contributed by atoms with Gasteiger partial charge in [-0.3, -0.25) is 4.90 Å². The third kappa shape index (κ3) is 1.16. The summed E-state index contributed by atoms with van der Waals surface area (Å²) in [5.74, 6) is 0.322. The van der Waals surface area contributed by atoms with Gasteiger partial charge in [0, 0.05) is 6.54 Å². The molecule has 0 aromatic carbocycles. The molecular weight excluding hydrogens is 154 g/mol. The second-order valence-electron chi connectivity index (χ2n) is 4.16. The third-order valence-corrected chi connectivity index (χ3v) is 3.22. The normalized spacial score (nSPS) is 49.2. The number of aliphatic hydroxyl groups is 2. The molecule has 2 fully saturated rings. The van der Waals surface area contributed by atoms with Crippen molar-refractivity contribution >= 4 is 0 Å². The summed E-state index contributed by atoms with van der Waals surface area (Å²) in [6.07, 6.45) is 1.29. The van der Waals surface area contributed by atoms with Gasteiger partial charge in [-0.05, 0) is 25.3 Å². The zero-order chi connectivity index (χ0) is 8.72. The van der Waals surface area contributed by atoms with Gasteiger partial charge in [0.25, 0.3) is 0 Å². The van der Waals surface area contributed by atoms with Crippen molar-refractivity contribution in [3.8, 4) is 0 Å². The highest BCUT2D eigenvalue weighted by molar-refractivity contribution is 4.97. The highest BCUT2D eigenvalue weighted by atomic mass is 16.3. The Balaban J connectivity index is 2.12. The van der Waals surface area contributed by atoms with Crippen LogP contribution in [0, 0.1) is 5.92 Å². The van der Waals surface area contributed by atoms with E-state index in [2.05, 4.69) is 11.8 Å². The smallest absolute Gasteiger partial charge is 0.0758 e. The lowest BCUT2D eigenvalue weighted by atomic mass is 9.95. The molecule has 2 aliphatic rings. The maximum Gasteiger partial charge on any atom is 0.0758 e. The molecule has 0 aliphatic carbocycles. The van der Waals surface area contributed by atoms with Crippen molar-refractivity contribution in [3.63, 3.8) is 0 Å². The van der Waals surface area contributed by atoms with Crippen molar-refractivity contribution < 1.29 is 10.2 Å². The van der Waals surface area contributed by atoms with Gasteiger partial charge >= 0.3 is 0 Å². The molecule has 0 bridgehead atoms. The van der Waals surface area contributed by atoms with Gasteiger partial charge in [0.15, 0.2) is 0 Å². The van der Waals surface area contributed by atoms with E-state index in [0.29, 0.717) is 5.92 Å². The molecule has 0 aromatic heterocycles. The molecule has 2 heterocycles. The van der Waals surface area contributed by atoms with Crippen molar-refractivity contribution in [2.24, 2.45) is 5.92 Å². The molecule has 0 saturated carbocycles. The molecule has 2 aliphatic heterocycles. The lowest BCUT2D eigenvalue weighted by Gasteiger charge is -2.34. The highest BCUT2D eigenvalue weighted by Gasteiger charge is 2.43. The highest BCUT2D eigenvalue weighted by Crippen LogP contribution is 2.30. The molecule has 2 N–H and O–H groups in total. The van der Waals surface area contributed by atoms with E-state index in [9.17, 15) is 10.2 Å². The van der Waals surface area contributed by atoms with Crippen LogP contribution in [0.3, 0.4) is 0 Å². The van der Waals surface area contributed by atoms with Crippen LogP contribution < -0.4 is 0 Å². The van der Waals surface area contributed by atoms with Crippen molar-refractivity contribution in [2.45, 2.75) is 38.0 Å². The first kappa shape index (κ1) is 8.48. The topological polar surface area (TPSA) is 43.7 Å². The van der Waals surface area contributed by atoms with Crippen molar-refractivity contribution in [1.29, 1.82) is 0 Å². The number of hydrogen-bond acceptors (Lipinski definition) is 3. The van der Waals surface area contributed by atoms with Crippen LogP contribution in [0.25, 0.3) is 0 Å². The maximum absolute atomic E-state index is 9.76. The Labute approximate surface area is 73.0 Å². The molecule has 2 rings (SSSR count). The van der Waals surface area contributed by atoms with Crippen LogP contribution >= 0.6 is 0 Å². The summed E-state index contributed by atoms with van der Waals surface area (Å²) >= 11 is 0. The van der Waals surface area contributed by atoms with E-state index in [-0.39, 0.29) is 18.2 Å². The molecule has 0 amide bonds. The predicted octanol–water partition coefficient (Wildman–Crippen LogP) is -0.178. The molecule has 3 nitrogen and oxygen atoms in total. The van der Waals surface area contributed by atoms with Gasteiger partial charge in [0.2, 0.25) is 0 Å². The van der Waals surface area contributed by atoms with Crippen molar-refractivity contribution in [2.75, 3.05) is 13.1 Å². The minimum Gasteiger partial charge on any atom is -0.391 e. The average molecular weight is 171 g/mol. The van der Waals surface area contributed by atoms with Crippen molar-refractivity contribution in [1.82, 2.24) is 4.90 Å². The fourth-order valence-electron chi connectivity index (χ4n) is 2.54. The lowest BCUT2D eigenvalue weighted by molar-refractivity contribution is -0.0164. The quantitative estimate of drug-likeness (QED) is 0.531. The SMILES string of the molecule is C[C@@H]1CN2CCC[C@@H](O)[C@@H]2[C@@H]1O. The van der Waals surface area contributed by atoms with Crippen LogP contribution in [0.2, 0.25) is 0 Å². The summed E-state index contributed by atoms with van der Waals surface area (Å²) in [5.41, 5.74) is 0. The number of piperidine rings is 1. The maximum atomic E-state index is 9.76. The van der Waals surface area contributed by atoms with Crippen LogP contribution in [0.15, 0.2) is 0 Å². The van der Waals surface area contributed by atoms with Gasteiger partial charge in [-0.2, -0.15) is 0 Å². The Morgan fingerprint density at radius 2 is 2.08 bits per heavy atom. The molecule has 70 valence electrons. The number of rotatable bonds is 0. The number of aliphatic hydroxyl groups excluding tert-OH is 2. The van der Waals surface area contributed by atoms with E-state index >= 15 is 0 Å². The molecule has 4 atom stereocenters. The van der Waals surface area contributed by atoms with Crippen LogP contribution in [-0.2, 0) is 0 Å². The first-order chi connectivity index (χ1) is 5.70. The van der Waals surface area contributed by atoms with Gasteiger partial charge < -0.3 is 10.2 Å². The first-order valence-electron chi connectivity index (χ1n) is 4.80. The Hall–Kier alpha value is -0.120. The van der Waals surface area contributed by atoms with Crippen LogP contribution in [-0.4, -0.2) is 46.5 Å². The zero-order valence-corrected chi connectivity index (χ0v) is 7.48. The largest absolute Gasteiger partial charge is 0.391 e. The van der Waals surface area contributed by atoms with Gasteiger partial charge in [-0.1, -0.05) is 6.92 Å². The molecule has 0 spiro atoms. The molecular formula is C9H17NO2. The van der Waals surface area contributed by atoms with Crippen LogP contribution in [0.5, 0.6) is 0 Å². The number of fused-ring (bicyclic) bond motifs is 1. The minimum absolute atomic E-state index is 0.0220. The summed E-state index contributed by atoms with van der Waals surface area (Å²) in [6, 6.07) is 0.0220. The van der Waals surface area contributed by atoms with Gasteiger partial charge in [-0.15, -0.1) is 0 Å². The minimum atomic E-state index is -0.319. The summed E-state index contributed by atoms with van der Waals surface area (Å²) in [6.45, 7) is 4.04. The summed E-state index contributed by atoms with van der Waals surface area (Å²) in [5, 5.41) is 19.4. The standard InChI is InChI=1S/C9H17NO2/c1-6-5-10-4-2-3-7(11)8(10)9(6)12/h6-9,11-12H,2-5H2,1H3/t6-,7-,8-,9-/m1/s1. The number of nitrogens with zero attached hydrogens (tertiary/aromatic N) is 1. The fraction of sp³-hybridized carbons (Fsp3) is 1.00. The lowest BCUT2D eigenvalue weighted by Crippen LogP contribution is -2.48. The van der Waals surface area contributed by atoms with E-state index in [4.69, 9.17) is 0 Å². The molecule has 0 aromatic rings. The van der Waals surface area contributed by atoms with Crippen LogP contribution in [0.4, 0.5) is 0 Å². The summed E-state index contributed by atoms with van der Waals surface area (Å²) < 4.78 is 0. The van der Waals surface area contributed by atoms with Crippen molar-refractivity contribution in [3.05, 3.63) is 0 Å². The molecule has 12 heavy (non-hydrogen) atoms. The van der Waals surface area contributed by atoms with E-state index in [1.165, 1.54) is 0 Å². The Morgan fingerprint density at radius 1 is 1.33 bits per heavy atom.